The van der Waals surface area contributed by atoms with Gasteiger partial charge < -0.3 is 14.1 Å². The maximum atomic E-state index is 13.5. The summed E-state index contributed by atoms with van der Waals surface area (Å²) in [5.74, 6) is -0.213. The van der Waals surface area contributed by atoms with E-state index in [0.29, 0.717) is 24.9 Å². The van der Waals surface area contributed by atoms with Crippen molar-refractivity contribution in [3.05, 3.63) is 46.4 Å². The zero-order valence-corrected chi connectivity index (χ0v) is 12.5. The lowest BCUT2D eigenvalue weighted by atomic mass is 10.1. The van der Waals surface area contributed by atoms with E-state index in [1.807, 2.05) is 0 Å². The lowest BCUT2D eigenvalue weighted by Gasteiger charge is -2.33. The molecular weight excluding hydrogens is 313 g/mol. The topological polar surface area (TPSA) is 68.5 Å². The molecule has 0 bridgehead atoms. The molecule has 1 aliphatic rings. The summed E-state index contributed by atoms with van der Waals surface area (Å²) < 4.78 is 24.2. The van der Waals surface area contributed by atoms with Gasteiger partial charge in [0.05, 0.1) is 13.2 Å². The SMILES string of the molecule is Cc1nnc([C@H]2COCCN2C(=O)c2cc(F)cc(Cl)c2)o1. The Morgan fingerprint density at radius 2 is 2.23 bits per heavy atom. The fourth-order valence-electron chi connectivity index (χ4n) is 2.34. The first-order valence-electron chi connectivity index (χ1n) is 6.69. The van der Waals surface area contributed by atoms with E-state index in [0.717, 1.165) is 12.1 Å². The Kier molecular flexibility index (Phi) is 4.08. The number of hydrogen-bond donors (Lipinski definition) is 0. The van der Waals surface area contributed by atoms with E-state index < -0.39 is 11.9 Å². The lowest BCUT2D eigenvalue weighted by molar-refractivity contribution is -0.0106. The highest BCUT2D eigenvalue weighted by Crippen LogP contribution is 2.26. The number of carbonyl (C=O) groups is 1. The number of nitrogens with zero attached hydrogens (tertiary/aromatic N) is 3. The maximum Gasteiger partial charge on any atom is 0.254 e. The third-order valence-corrected chi connectivity index (χ3v) is 3.54. The van der Waals surface area contributed by atoms with Crippen molar-refractivity contribution in [2.75, 3.05) is 19.8 Å². The predicted molar refractivity (Wildman–Crippen MR) is 75.0 cm³/mol. The van der Waals surface area contributed by atoms with E-state index >= 15 is 0 Å². The van der Waals surface area contributed by atoms with E-state index in [-0.39, 0.29) is 23.1 Å². The van der Waals surface area contributed by atoms with Crippen LogP contribution in [0.3, 0.4) is 0 Å². The molecule has 0 unspecified atom stereocenters. The van der Waals surface area contributed by atoms with E-state index in [4.69, 9.17) is 20.8 Å². The number of morpholine rings is 1. The predicted octanol–water partition coefficient (Wildman–Crippen LogP) is 2.38. The van der Waals surface area contributed by atoms with E-state index in [1.54, 1.807) is 6.92 Å². The smallest absolute Gasteiger partial charge is 0.254 e. The molecule has 2 aromatic rings. The van der Waals surface area contributed by atoms with Crippen LogP contribution in [0.25, 0.3) is 0 Å². The molecule has 2 heterocycles. The molecule has 0 N–H and O–H groups in total. The van der Waals surface area contributed by atoms with Gasteiger partial charge in [-0.2, -0.15) is 0 Å². The molecule has 6 nitrogen and oxygen atoms in total. The number of aromatic nitrogens is 2. The molecule has 0 aliphatic carbocycles. The van der Waals surface area contributed by atoms with Crippen molar-refractivity contribution in [1.82, 2.24) is 15.1 Å². The van der Waals surface area contributed by atoms with Gasteiger partial charge >= 0.3 is 0 Å². The summed E-state index contributed by atoms with van der Waals surface area (Å²) in [7, 11) is 0. The molecule has 1 aromatic carbocycles. The fraction of sp³-hybridized carbons (Fsp3) is 0.357. The van der Waals surface area contributed by atoms with Crippen molar-refractivity contribution in [2.24, 2.45) is 0 Å². The summed E-state index contributed by atoms with van der Waals surface area (Å²) in [5, 5.41) is 7.87. The molecule has 1 aromatic heterocycles. The van der Waals surface area contributed by atoms with Crippen LogP contribution in [0, 0.1) is 12.7 Å². The standard InChI is InChI=1S/C14H13ClFN3O3/c1-8-17-18-13(22-8)12-7-21-3-2-19(12)14(20)9-4-10(15)6-11(16)5-9/h4-6,12H,2-3,7H2,1H3/t12-/m1/s1. The molecule has 1 atom stereocenters. The zero-order valence-electron chi connectivity index (χ0n) is 11.8. The Morgan fingerprint density at radius 1 is 1.41 bits per heavy atom. The summed E-state index contributed by atoms with van der Waals surface area (Å²) in [5.41, 5.74) is 0.174. The van der Waals surface area contributed by atoms with Gasteiger partial charge in [-0.05, 0) is 18.2 Å². The van der Waals surface area contributed by atoms with Gasteiger partial charge in [0, 0.05) is 24.1 Å². The summed E-state index contributed by atoms with van der Waals surface area (Å²) in [6, 6.07) is 3.24. The zero-order chi connectivity index (χ0) is 15.7. The minimum absolute atomic E-state index is 0.168. The number of ether oxygens (including phenoxy) is 1. The second-order valence-corrected chi connectivity index (χ2v) is 5.34. The monoisotopic (exact) mass is 325 g/mol. The summed E-state index contributed by atoms with van der Waals surface area (Å²) in [6.07, 6.45) is 0. The number of aryl methyl sites for hydroxylation is 1. The second-order valence-electron chi connectivity index (χ2n) is 4.91. The first kappa shape index (κ1) is 14.9. The van der Waals surface area contributed by atoms with Gasteiger partial charge in [0.2, 0.25) is 11.8 Å². The van der Waals surface area contributed by atoms with Crippen LogP contribution in [-0.4, -0.2) is 40.8 Å². The van der Waals surface area contributed by atoms with Gasteiger partial charge in [-0.1, -0.05) is 11.6 Å². The summed E-state index contributed by atoms with van der Waals surface area (Å²) >= 11 is 5.81. The molecule has 22 heavy (non-hydrogen) atoms. The summed E-state index contributed by atoms with van der Waals surface area (Å²) in [4.78, 5) is 14.2. The Bertz CT molecular complexity index is 686. The largest absolute Gasteiger partial charge is 0.423 e. The third kappa shape index (κ3) is 2.95. The molecular formula is C14H13ClFN3O3. The van der Waals surface area contributed by atoms with Crippen LogP contribution in [-0.2, 0) is 4.74 Å². The van der Waals surface area contributed by atoms with E-state index in [2.05, 4.69) is 10.2 Å². The van der Waals surface area contributed by atoms with E-state index in [9.17, 15) is 9.18 Å². The highest BCUT2D eigenvalue weighted by molar-refractivity contribution is 6.31. The van der Waals surface area contributed by atoms with Crippen molar-refractivity contribution in [2.45, 2.75) is 13.0 Å². The second kappa shape index (κ2) is 6.02. The van der Waals surface area contributed by atoms with Crippen molar-refractivity contribution >= 4 is 17.5 Å². The normalized spacial score (nSPS) is 18.5. The molecule has 1 saturated heterocycles. The molecule has 1 aliphatic heterocycles. The van der Waals surface area contributed by atoms with Crippen molar-refractivity contribution in [1.29, 1.82) is 0 Å². The van der Waals surface area contributed by atoms with Gasteiger partial charge in [-0.3, -0.25) is 4.79 Å². The van der Waals surface area contributed by atoms with Crippen LogP contribution < -0.4 is 0 Å². The minimum Gasteiger partial charge on any atom is -0.423 e. The number of benzene rings is 1. The van der Waals surface area contributed by atoms with Gasteiger partial charge in [0.15, 0.2) is 0 Å². The van der Waals surface area contributed by atoms with Crippen LogP contribution in [0.4, 0.5) is 4.39 Å². The Labute approximate surface area is 130 Å². The van der Waals surface area contributed by atoms with Crippen LogP contribution in [0.2, 0.25) is 5.02 Å². The Morgan fingerprint density at radius 3 is 2.91 bits per heavy atom. The molecule has 0 radical (unpaired) electrons. The molecule has 1 fully saturated rings. The molecule has 8 heteroatoms. The molecule has 0 spiro atoms. The number of hydrogen-bond acceptors (Lipinski definition) is 5. The number of amides is 1. The fourth-order valence-corrected chi connectivity index (χ4v) is 2.56. The van der Waals surface area contributed by atoms with Gasteiger partial charge in [0.25, 0.3) is 5.91 Å². The van der Waals surface area contributed by atoms with Crippen molar-refractivity contribution in [3.8, 4) is 0 Å². The van der Waals surface area contributed by atoms with Gasteiger partial charge in [0.1, 0.15) is 11.9 Å². The molecule has 116 valence electrons. The van der Waals surface area contributed by atoms with Gasteiger partial charge in [-0.15, -0.1) is 10.2 Å². The number of rotatable bonds is 2. The van der Waals surface area contributed by atoms with Crippen LogP contribution in [0.1, 0.15) is 28.2 Å². The molecule has 3 rings (SSSR count). The number of halogens is 2. The third-order valence-electron chi connectivity index (χ3n) is 3.33. The van der Waals surface area contributed by atoms with Crippen LogP contribution in [0.15, 0.2) is 22.6 Å². The Balaban J connectivity index is 1.91. The highest BCUT2D eigenvalue weighted by atomic mass is 35.5. The number of carbonyl (C=O) groups excluding carboxylic acids is 1. The average molecular weight is 326 g/mol. The maximum absolute atomic E-state index is 13.5. The van der Waals surface area contributed by atoms with E-state index in [1.165, 1.54) is 11.0 Å². The minimum atomic E-state index is -0.561. The van der Waals surface area contributed by atoms with Crippen molar-refractivity contribution < 1.29 is 18.3 Å². The highest BCUT2D eigenvalue weighted by Gasteiger charge is 2.33. The van der Waals surface area contributed by atoms with Gasteiger partial charge in [-0.25, -0.2) is 4.39 Å². The van der Waals surface area contributed by atoms with Crippen LogP contribution >= 0.6 is 11.6 Å². The average Bonchev–Trinajstić information content (AvgIpc) is 2.92. The first-order valence-corrected chi connectivity index (χ1v) is 7.07. The summed E-state index contributed by atoms with van der Waals surface area (Å²) in [6.45, 7) is 2.65. The van der Waals surface area contributed by atoms with Crippen LogP contribution in [0.5, 0.6) is 0 Å². The first-order chi connectivity index (χ1) is 10.5. The quantitative estimate of drug-likeness (QED) is 0.848. The Hall–Kier alpha value is -1.99. The van der Waals surface area contributed by atoms with Crippen molar-refractivity contribution in [3.63, 3.8) is 0 Å². The molecule has 1 amide bonds. The molecule has 0 saturated carbocycles. The lowest BCUT2D eigenvalue weighted by Crippen LogP contribution is -2.43.